The number of aromatic nitrogens is 1. The summed E-state index contributed by atoms with van der Waals surface area (Å²) in [4.78, 5) is 19.0. The first-order chi connectivity index (χ1) is 10.8. The van der Waals surface area contributed by atoms with Crippen LogP contribution in [-0.4, -0.2) is 36.0 Å². The van der Waals surface area contributed by atoms with Crippen molar-refractivity contribution in [3.63, 3.8) is 0 Å². The van der Waals surface area contributed by atoms with Crippen molar-refractivity contribution in [2.45, 2.75) is 25.7 Å². The number of thiazole rings is 1. The van der Waals surface area contributed by atoms with Gasteiger partial charge in [0.1, 0.15) is 16.5 Å². The normalized spacial score (nSPS) is 15.4. The molecule has 1 aliphatic heterocycles. The third kappa shape index (κ3) is 3.30. The van der Waals surface area contributed by atoms with Crippen LogP contribution in [-0.2, 0) is 0 Å². The van der Waals surface area contributed by atoms with E-state index in [0.29, 0.717) is 5.69 Å². The van der Waals surface area contributed by atoms with Crippen molar-refractivity contribution in [3.05, 3.63) is 35.3 Å². The second-order valence-corrected chi connectivity index (χ2v) is 6.33. The van der Waals surface area contributed by atoms with Crippen molar-refractivity contribution in [1.29, 1.82) is 0 Å². The predicted octanol–water partition coefficient (Wildman–Crippen LogP) is 3.83. The summed E-state index contributed by atoms with van der Waals surface area (Å²) in [5.74, 6) is 0.888. The van der Waals surface area contributed by atoms with Crippen LogP contribution in [0.25, 0.3) is 10.6 Å². The van der Waals surface area contributed by atoms with Gasteiger partial charge in [-0.3, -0.25) is 4.79 Å². The molecule has 5 heteroatoms. The molecule has 1 aromatic carbocycles. The minimum atomic E-state index is 0.0675. The highest BCUT2D eigenvalue weighted by Crippen LogP contribution is 2.26. The number of carbonyl (C=O) groups is 1. The van der Waals surface area contributed by atoms with Gasteiger partial charge in [-0.15, -0.1) is 11.3 Å². The van der Waals surface area contributed by atoms with Gasteiger partial charge >= 0.3 is 0 Å². The highest BCUT2D eigenvalue weighted by Gasteiger charge is 2.20. The van der Waals surface area contributed by atoms with Gasteiger partial charge in [0.15, 0.2) is 0 Å². The molecule has 22 heavy (non-hydrogen) atoms. The van der Waals surface area contributed by atoms with E-state index in [9.17, 15) is 4.79 Å². The molecular weight excluding hydrogens is 296 g/mol. The summed E-state index contributed by atoms with van der Waals surface area (Å²) in [6, 6.07) is 7.76. The molecule has 1 amide bonds. The summed E-state index contributed by atoms with van der Waals surface area (Å²) < 4.78 is 5.16. The fraction of sp³-hybridized carbons (Fsp3) is 0.412. The average Bonchev–Trinajstić information content (AvgIpc) is 2.90. The smallest absolute Gasteiger partial charge is 0.273 e. The highest BCUT2D eigenvalue weighted by atomic mass is 32.1. The Balaban J connectivity index is 1.75. The molecule has 0 saturated carbocycles. The van der Waals surface area contributed by atoms with Crippen molar-refractivity contribution < 1.29 is 9.53 Å². The topological polar surface area (TPSA) is 42.4 Å². The number of nitrogens with zero attached hydrogens (tertiary/aromatic N) is 2. The maximum absolute atomic E-state index is 12.5. The molecule has 0 unspecified atom stereocenters. The fourth-order valence-corrected chi connectivity index (χ4v) is 3.47. The molecular formula is C17H20N2O2S. The summed E-state index contributed by atoms with van der Waals surface area (Å²) in [7, 11) is 1.65. The average molecular weight is 316 g/mol. The van der Waals surface area contributed by atoms with E-state index < -0.39 is 0 Å². The number of hydrogen-bond acceptors (Lipinski definition) is 4. The van der Waals surface area contributed by atoms with Gasteiger partial charge in [0, 0.05) is 24.0 Å². The number of hydrogen-bond donors (Lipinski definition) is 0. The summed E-state index contributed by atoms with van der Waals surface area (Å²) >= 11 is 1.51. The molecule has 3 rings (SSSR count). The van der Waals surface area contributed by atoms with E-state index >= 15 is 0 Å². The zero-order valence-electron chi connectivity index (χ0n) is 12.7. The van der Waals surface area contributed by atoms with Gasteiger partial charge in [-0.05, 0) is 37.1 Å². The molecule has 2 aromatic rings. The first-order valence-electron chi connectivity index (χ1n) is 7.67. The minimum Gasteiger partial charge on any atom is -0.497 e. The van der Waals surface area contributed by atoms with Gasteiger partial charge in [-0.1, -0.05) is 12.8 Å². The summed E-state index contributed by atoms with van der Waals surface area (Å²) in [6.45, 7) is 1.71. The van der Waals surface area contributed by atoms with Crippen LogP contribution in [0, 0.1) is 0 Å². The van der Waals surface area contributed by atoms with E-state index in [1.54, 1.807) is 7.11 Å². The number of ether oxygens (including phenoxy) is 1. The molecule has 0 radical (unpaired) electrons. The van der Waals surface area contributed by atoms with Crippen LogP contribution in [0.5, 0.6) is 5.75 Å². The number of likely N-dealkylation sites (tertiary alicyclic amines) is 1. The van der Waals surface area contributed by atoms with Crippen LogP contribution in [0.4, 0.5) is 0 Å². The van der Waals surface area contributed by atoms with E-state index in [1.165, 1.54) is 24.2 Å². The Morgan fingerprint density at radius 2 is 1.82 bits per heavy atom. The van der Waals surface area contributed by atoms with Crippen LogP contribution in [0.1, 0.15) is 36.2 Å². The number of benzene rings is 1. The molecule has 2 heterocycles. The van der Waals surface area contributed by atoms with Crippen LogP contribution < -0.4 is 4.74 Å². The van der Waals surface area contributed by atoms with Crippen molar-refractivity contribution in [3.8, 4) is 16.3 Å². The van der Waals surface area contributed by atoms with E-state index in [1.807, 2.05) is 34.5 Å². The number of carbonyl (C=O) groups excluding carboxylic acids is 1. The first-order valence-corrected chi connectivity index (χ1v) is 8.55. The third-order valence-corrected chi connectivity index (χ3v) is 4.84. The second-order valence-electron chi connectivity index (χ2n) is 5.47. The van der Waals surface area contributed by atoms with Crippen molar-refractivity contribution >= 4 is 17.2 Å². The molecule has 0 aliphatic carbocycles. The lowest BCUT2D eigenvalue weighted by molar-refractivity contribution is 0.0756. The second kappa shape index (κ2) is 6.92. The van der Waals surface area contributed by atoms with Gasteiger partial charge < -0.3 is 9.64 Å². The van der Waals surface area contributed by atoms with E-state index in [4.69, 9.17) is 4.74 Å². The summed E-state index contributed by atoms with van der Waals surface area (Å²) in [5, 5.41) is 2.74. The SMILES string of the molecule is COc1ccc(-c2nc(C(=O)N3CCCCCC3)cs2)cc1. The number of amides is 1. The molecule has 1 aromatic heterocycles. The van der Waals surface area contributed by atoms with E-state index in [0.717, 1.165) is 42.3 Å². The Morgan fingerprint density at radius 3 is 2.45 bits per heavy atom. The van der Waals surface area contributed by atoms with Crippen LogP contribution >= 0.6 is 11.3 Å². The van der Waals surface area contributed by atoms with Gasteiger partial charge in [-0.25, -0.2) is 4.98 Å². The monoisotopic (exact) mass is 316 g/mol. The van der Waals surface area contributed by atoms with Gasteiger partial charge in [0.2, 0.25) is 0 Å². The maximum Gasteiger partial charge on any atom is 0.273 e. The van der Waals surface area contributed by atoms with E-state index in [-0.39, 0.29) is 5.91 Å². The van der Waals surface area contributed by atoms with Gasteiger partial charge in [-0.2, -0.15) is 0 Å². The largest absolute Gasteiger partial charge is 0.497 e. The Hall–Kier alpha value is -1.88. The first kappa shape index (κ1) is 15.0. The predicted molar refractivity (Wildman–Crippen MR) is 88.5 cm³/mol. The highest BCUT2D eigenvalue weighted by molar-refractivity contribution is 7.13. The Kier molecular flexibility index (Phi) is 4.73. The van der Waals surface area contributed by atoms with Crippen molar-refractivity contribution in [1.82, 2.24) is 9.88 Å². The quantitative estimate of drug-likeness (QED) is 0.864. The number of rotatable bonds is 3. The Labute approximate surface area is 134 Å². The zero-order chi connectivity index (χ0) is 15.4. The van der Waals surface area contributed by atoms with Gasteiger partial charge in [0.05, 0.1) is 7.11 Å². The minimum absolute atomic E-state index is 0.0675. The maximum atomic E-state index is 12.5. The Morgan fingerprint density at radius 1 is 1.14 bits per heavy atom. The van der Waals surface area contributed by atoms with Crippen LogP contribution in [0.15, 0.2) is 29.6 Å². The molecule has 0 atom stereocenters. The lowest BCUT2D eigenvalue weighted by Gasteiger charge is -2.18. The molecule has 1 saturated heterocycles. The zero-order valence-corrected chi connectivity index (χ0v) is 13.6. The van der Waals surface area contributed by atoms with Crippen molar-refractivity contribution in [2.75, 3.05) is 20.2 Å². The molecule has 116 valence electrons. The third-order valence-electron chi connectivity index (χ3n) is 3.95. The molecule has 0 spiro atoms. The molecule has 0 bridgehead atoms. The molecule has 0 N–H and O–H groups in total. The molecule has 1 fully saturated rings. The van der Waals surface area contributed by atoms with E-state index in [2.05, 4.69) is 4.98 Å². The standard InChI is InChI=1S/C17H20N2O2S/c1-21-14-8-6-13(7-9-14)16-18-15(12-22-16)17(20)19-10-4-2-3-5-11-19/h6-9,12H,2-5,10-11H2,1H3. The summed E-state index contributed by atoms with van der Waals surface area (Å²) in [6.07, 6.45) is 4.64. The van der Waals surface area contributed by atoms with Crippen molar-refractivity contribution in [2.24, 2.45) is 0 Å². The van der Waals surface area contributed by atoms with Crippen LogP contribution in [0.2, 0.25) is 0 Å². The number of methoxy groups -OCH3 is 1. The molecule has 4 nitrogen and oxygen atoms in total. The fourth-order valence-electron chi connectivity index (χ4n) is 2.67. The lowest BCUT2D eigenvalue weighted by Crippen LogP contribution is -2.32. The molecule has 1 aliphatic rings. The summed E-state index contributed by atoms with van der Waals surface area (Å²) in [5.41, 5.74) is 1.58. The van der Waals surface area contributed by atoms with Crippen LogP contribution in [0.3, 0.4) is 0 Å². The van der Waals surface area contributed by atoms with Gasteiger partial charge in [0.25, 0.3) is 5.91 Å². The lowest BCUT2D eigenvalue weighted by atomic mass is 10.2. The Bertz CT molecular complexity index is 628.